The van der Waals surface area contributed by atoms with Gasteiger partial charge in [-0.05, 0) is 144 Å². The third kappa shape index (κ3) is 11.8. The van der Waals surface area contributed by atoms with Gasteiger partial charge in [-0.2, -0.15) is 0 Å². The lowest BCUT2D eigenvalue weighted by atomic mass is 10.0. The Kier molecular flexibility index (Phi) is 16.3. The third-order valence-corrected chi connectivity index (χ3v) is 15.7. The van der Waals surface area contributed by atoms with Crippen LogP contribution in [0, 0.1) is 21.2 Å². The number of nitrogens with one attached hydrogen (secondary N) is 8. The molecule has 0 fully saturated rings. The van der Waals surface area contributed by atoms with Gasteiger partial charge in [0.25, 0.3) is 56.9 Å². The third-order valence-electron chi connectivity index (χ3n) is 15.2. The van der Waals surface area contributed by atoms with Crippen molar-refractivity contribution in [2.75, 3.05) is 22.1 Å². The summed E-state index contributed by atoms with van der Waals surface area (Å²) in [6.45, 7) is -0.317. The van der Waals surface area contributed by atoms with Gasteiger partial charge < -0.3 is 53.6 Å². The molecule has 14 N–H and O–H groups in total. The molecule has 0 saturated carbocycles. The number of nitrogens with zero attached hydrogens (tertiary/aromatic N) is 6. The summed E-state index contributed by atoms with van der Waals surface area (Å²) in [5.41, 5.74) is 12.1. The Morgan fingerprint density at radius 2 is 0.967 bits per heavy atom. The average molecular weight is 1260 g/mol. The van der Waals surface area contributed by atoms with Crippen LogP contribution in [0.2, 0.25) is 0 Å². The van der Waals surface area contributed by atoms with Crippen LogP contribution in [-0.4, -0.2) is 84.9 Å². The highest BCUT2D eigenvalue weighted by atomic mass is 32.1. The van der Waals surface area contributed by atoms with Gasteiger partial charge in [0.2, 0.25) is 9.54 Å². The first kappa shape index (κ1) is 60.2. The molecule has 0 saturated heterocycles. The number of halogens is 2. The predicted octanol–water partition coefficient (Wildman–Crippen LogP) is 3.52. The number of aryl methyl sites for hydroxylation is 2. The Morgan fingerprint density at radius 1 is 0.544 bits per heavy atom. The van der Waals surface area contributed by atoms with Gasteiger partial charge in [0.15, 0.2) is 0 Å². The van der Waals surface area contributed by atoms with Crippen molar-refractivity contribution < 1.29 is 47.8 Å². The number of fused-ring (bicyclic) bond motifs is 4. The zero-order valence-electron chi connectivity index (χ0n) is 46.3. The van der Waals surface area contributed by atoms with E-state index in [1.165, 1.54) is 69.5 Å². The van der Waals surface area contributed by atoms with Gasteiger partial charge in [-0.3, -0.25) is 38.4 Å². The summed E-state index contributed by atoms with van der Waals surface area (Å²) in [4.78, 5) is 130. The Labute approximate surface area is 511 Å². The minimum Gasteiger partial charge on any atom is -0.478 e. The van der Waals surface area contributed by atoms with Crippen LogP contribution in [0.15, 0.2) is 104 Å². The molecule has 0 radical (unpaired) electrons. The van der Waals surface area contributed by atoms with E-state index in [-0.39, 0.29) is 121 Å². The molecule has 4 amide bonds. The van der Waals surface area contributed by atoms with Gasteiger partial charge in [0.05, 0.1) is 23.2 Å². The molecule has 456 valence electrons. The highest BCUT2D eigenvalue weighted by molar-refractivity contribution is 7.71. The van der Waals surface area contributed by atoms with E-state index < -0.39 is 75.0 Å². The van der Waals surface area contributed by atoms with E-state index in [1.807, 2.05) is 0 Å². The topological polar surface area (TPSA) is 427 Å². The molecule has 0 unspecified atom stereocenters. The van der Waals surface area contributed by atoms with E-state index in [1.54, 1.807) is 24.3 Å². The van der Waals surface area contributed by atoms with E-state index in [0.29, 0.717) is 36.8 Å². The van der Waals surface area contributed by atoms with Gasteiger partial charge in [-0.25, -0.2) is 47.3 Å². The van der Waals surface area contributed by atoms with Crippen LogP contribution in [0.1, 0.15) is 132 Å². The van der Waals surface area contributed by atoms with Gasteiger partial charge in [0, 0.05) is 37.3 Å². The van der Waals surface area contributed by atoms with Crippen LogP contribution < -0.4 is 65.1 Å². The normalized spacial score (nSPS) is 13.9. The summed E-state index contributed by atoms with van der Waals surface area (Å²) in [7, 11) is 0. The summed E-state index contributed by atoms with van der Waals surface area (Å²) in [6, 6.07) is 19.6. The molecule has 4 aromatic heterocycles. The van der Waals surface area contributed by atoms with E-state index >= 15 is 0 Å². The second-order valence-corrected chi connectivity index (χ2v) is 21.5. The number of amides is 4. The van der Waals surface area contributed by atoms with Crippen LogP contribution >= 0.6 is 24.4 Å². The second-order valence-electron chi connectivity index (χ2n) is 20.8. The molecule has 90 heavy (non-hydrogen) atoms. The Morgan fingerprint density at radius 3 is 1.41 bits per heavy atom. The van der Waals surface area contributed by atoms with Crippen molar-refractivity contribution in [3.05, 3.63) is 225 Å². The van der Waals surface area contributed by atoms with Gasteiger partial charge in [-0.1, -0.05) is 24.3 Å². The SMILES string of the molecule is Nc1c(NCc2cc(CNC(=O)c3cc(C(=O)N[C@H]4CCc5cc(C(=O)O)ccc54)n4c(=S)[nH]nc4n3)ccc2F)c(=O)c1=O.Nc1c(NCc2cc(CNC(=O)c3cc(C(=O)N[C@H]4CCc5cc(C(=O)O)ccc54)nc4n[nH]c(=S)n34)ccc2F)c(=O)c1=O. The Balaban J connectivity index is 0.000000185. The summed E-state index contributed by atoms with van der Waals surface area (Å²) >= 11 is 10.5. The predicted molar refractivity (Wildman–Crippen MR) is 322 cm³/mol. The number of nitrogen functional groups attached to an aromatic ring is 2. The van der Waals surface area contributed by atoms with Crippen molar-refractivity contribution >= 4 is 94.3 Å². The molecule has 4 heterocycles. The fourth-order valence-corrected chi connectivity index (χ4v) is 10.9. The largest absolute Gasteiger partial charge is 0.478 e. The Hall–Kier alpha value is -11.5. The number of nitrogens with two attached hydrogens (primary N) is 2. The second kappa shape index (κ2) is 24.3. The maximum absolute atomic E-state index is 14.4. The van der Waals surface area contributed by atoms with E-state index in [2.05, 4.69) is 62.3 Å². The van der Waals surface area contributed by atoms with Crippen LogP contribution in [0.4, 0.5) is 31.5 Å². The molecule has 10 aromatic rings. The smallest absolute Gasteiger partial charge is 0.335 e. The standard InChI is InChI=1S/2C29H23FN8O6S/c30-17-5-1-12(7-15(17)11-32-22-21(31)23(39)24(22)40)10-33-26(42)20-9-19(35-28-36-37-29(45)38(20)28)25(41)34-18-6-3-13-8-14(27(43)44)2-4-16(13)18;30-17-5-1-12(7-15(17)11-32-22-21(31)23(39)24(22)40)10-33-25(41)19-9-20(38-28(35-19)36-37-29(38)45)26(42)34-18-6-3-13-8-14(27(43)44)2-4-16(13)18/h1-2,4-5,7-9,18,32H,3,6,10-11,31H2,(H,33,42)(H,34,41)(H,37,45)(H,43,44);1-2,4-5,7-9,18,32H,3,6,10-11,31H2,(H,33,41)(H,34,42)(H,37,45)(H,43,44)/t2*18-/m00/s1. The molecule has 2 atom stereocenters. The highest BCUT2D eigenvalue weighted by Crippen LogP contribution is 2.34. The molecule has 0 spiro atoms. The number of aromatic carboxylic acids is 2. The van der Waals surface area contributed by atoms with Crippen LogP contribution in [-0.2, 0) is 39.0 Å². The first-order valence-electron chi connectivity index (χ1n) is 27.1. The lowest BCUT2D eigenvalue weighted by Gasteiger charge is -2.15. The number of carboxylic acids is 2. The Bertz CT molecular complexity index is 4980. The van der Waals surface area contributed by atoms with E-state index in [9.17, 15) is 66.9 Å². The zero-order valence-corrected chi connectivity index (χ0v) is 47.9. The molecule has 32 heteroatoms. The van der Waals surface area contributed by atoms with Crippen molar-refractivity contribution in [3.63, 3.8) is 0 Å². The fourth-order valence-electron chi connectivity index (χ4n) is 10.5. The number of carboxylic acid groups (broad SMARTS) is 2. The molecule has 2 aliphatic rings. The molecular formula is C58H46F2N16O12S2. The number of hydrogen-bond acceptors (Lipinski definition) is 20. The van der Waals surface area contributed by atoms with Crippen LogP contribution in [0.25, 0.3) is 11.6 Å². The monoisotopic (exact) mass is 1260 g/mol. The van der Waals surface area contributed by atoms with Crippen molar-refractivity contribution in [1.82, 2.24) is 60.4 Å². The number of H-pyrrole nitrogens is 2. The zero-order chi connectivity index (χ0) is 64.0. The van der Waals surface area contributed by atoms with Gasteiger partial charge in [0.1, 0.15) is 57.2 Å². The van der Waals surface area contributed by atoms with Crippen molar-refractivity contribution in [2.45, 2.75) is 63.9 Å². The first-order valence-corrected chi connectivity index (χ1v) is 27.9. The lowest BCUT2D eigenvalue weighted by molar-refractivity contribution is 0.0686. The quantitative estimate of drug-likeness (QED) is 0.0432. The van der Waals surface area contributed by atoms with E-state index in [0.717, 1.165) is 22.3 Å². The minimum absolute atomic E-state index is 0.00671. The maximum Gasteiger partial charge on any atom is 0.335 e. The number of anilines is 4. The van der Waals surface area contributed by atoms with Crippen molar-refractivity contribution in [3.8, 4) is 0 Å². The number of hydrogen-bond donors (Lipinski definition) is 12. The molecule has 28 nitrogen and oxygen atoms in total. The maximum atomic E-state index is 14.4. The van der Waals surface area contributed by atoms with E-state index in [4.69, 9.17) is 35.9 Å². The average Bonchev–Trinajstić information content (AvgIpc) is 1.73. The summed E-state index contributed by atoms with van der Waals surface area (Å²) in [5, 5.41) is 48.2. The van der Waals surface area contributed by atoms with Crippen LogP contribution in [0.5, 0.6) is 0 Å². The van der Waals surface area contributed by atoms with Crippen molar-refractivity contribution in [2.24, 2.45) is 0 Å². The van der Waals surface area contributed by atoms with Gasteiger partial charge in [-0.15, -0.1) is 10.2 Å². The molecule has 0 aliphatic heterocycles. The number of rotatable bonds is 18. The van der Waals surface area contributed by atoms with Gasteiger partial charge >= 0.3 is 11.9 Å². The summed E-state index contributed by atoms with van der Waals surface area (Å²) < 4.78 is 31.6. The molecule has 2 aliphatic carbocycles. The fraction of sp³-hybridized carbons (Fsp3) is 0.172. The number of aromatic amines is 2. The number of aromatic nitrogens is 8. The summed E-state index contributed by atoms with van der Waals surface area (Å²) in [5.74, 6) is -5.62. The van der Waals surface area contributed by atoms with Crippen LogP contribution in [0.3, 0.4) is 0 Å². The minimum atomic E-state index is -1.04. The molecular weight excluding hydrogens is 1210 g/mol. The molecule has 0 bridgehead atoms. The number of carbonyl (C=O) groups excluding carboxylic acids is 4. The summed E-state index contributed by atoms with van der Waals surface area (Å²) in [6.07, 6.45) is 2.27. The number of carbonyl (C=O) groups is 6. The first-order chi connectivity index (χ1) is 43.0. The lowest BCUT2D eigenvalue weighted by Crippen LogP contribution is -2.37. The van der Waals surface area contributed by atoms with Crippen molar-refractivity contribution in [1.29, 1.82) is 0 Å². The molecule has 12 rings (SSSR count). The number of benzene rings is 4. The molecule has 6 aromatic carbocycles. The highest BCUT2D eigenvalue weighted by Gasteiger charge is 2.30.